The number of hydrogen-bond acceptors (Lipinski definition) is 9. The van der Waals surface area contributed by atoms with Gasteiger partial charge in [-0.05, 0) is 70.0 Å². The van der Waals surface area contributed by atoms with E-state index in [0.29, 0.717) is 56.6 Å². The first-order chi connectivity index (χ1) is 17.7. The first kappa shape index (κ1) is 32.3. The van der Waals surface area contributed by atoms with Crippen LogP contribution in [-0.2, 0) is 25.6 Å². The highest BCUT2D eigenvalue weighted by Crippen LogP contribution is 2.08. The molecule has 4 atom stereocenters. The highest BCUT2D eigenvalue weighted by atomic mass is 32.2. The summed E-state index contributed by atoms with van der Waals surface area (Å²) in [5.74, 6) is -2.23. The van der Waals surface area contributed by atoms with Gasteiger partial charge >= 0.3 is 5.97 Å². The first-order valence-corrected chi connectivity index (χ1v) is 13.9. The number of aromatic nitrogens is 2. The van der Waals surface area contributed by atoms with Crippen molar-refractivity contribution in [2.75, 3.05) is 25.1 Å². The van der Waals surface area contributed by atoms with Crippen LogP contribution in [0, 0.1) is 0 Å². The Morgan fingerprint density at radius 3 is 1.97 bits per heavy atom. The van der Waals surface area contributed by atoms with Gasteiger partial charge in [0, 0.05) is 18.3 Å². The van der Waals surface area contributed by atoms with Crippen LogP contribution in [0.4, 0.5) is 0 Å². The Bertz CT molecular complexity index is 826. The van der Waals surface area contributed by atoms with E-state index >= 15 is 0 Å². The van der Waals surface area contributed by atoms with Crippen LogP contribution in [0.2, 0.25) is 0 Å². The van der Waals surface area contributed by atoms with Crippen LogP contribution in [0.3, 0.4) is 0 Å². The Balaban J connectivity index is 2.90. The number of carbonyl (C=O) groups is 4. The topological polar surface area (TPSA) is 231 Å². The average Bonchev–Trinajstić information content (AvgIpc) is 3.38. The van der Waals surface area contributed by atoms with Gasteiger partial charge in [-0.2, -0.15) is 11.8 Å². The maximum atomic E-state index is 13.2. The number of nitrogens with two attached hydrogens (primary N) is 3. The number of aromatic amines is 1. The number of carbonyl (C=O) groups excluding carboxylic acids is 3. The second kappa shape index (κ2) is 18.5. The molecular weight excluding hydrogens is 500 g/mol. The highest BCUT2D eigenvalue weighted by Gasteiger charge is 2.30. The van der Waals surface area contributed by atoms with E-state index in [2.05, 4.69) is 25.9 Å². The summed E-state index contributed by atoms with van der Waals surface area (Å²) >= 11 is 1.51. The number of rotatable bonds is 20. The first-order valence-electron chi connectivity index (χ1n) is 12.5. The number of unbranched alkanes of at least 4 members (excludes halogenated alkanes) is 2. The molecule has 0 saturated heterocycles. The van der Waals surface area contributed by atoms with Crippen molar-refractivity contribution in [3.8, 4) is 0 Å². The van der Waals surface area contributed by atoms with Gasteiger partial charge in [0.2, 0.25) is 17.7 Å². The molecule has 11 N–H and O–H groups in total. The summed E-state index contributed by atoms with van der Waals surface area (Å²) in [5, 5.41) is 17.4. The lowest BCUT2D eigenvalue weighted by atomic mass is 10.0. The zero-order chi connectivity index (χ0) is 27.6. The Labute approximate surface area is 221 Å². The van der Waals surface area contributed by atoms with E-state index in [-0.39, 0.29) is 19.3 Å². The summed E-state index contributed by atoms with van der Waals surface area (Å²) in [6, 6.07) is -3.90. The van der Waals surface area contributed by atoms with Gasteiger partial charge in [0.15, 0.2) is 0 Å². The second-order valence-electron chi connectivity index (χ2n) is 8.76. The van der Waals surface area contributed by atoms with Crippen molar-refractivity contribution in [1.29, 1.82) is 0 Å². The predicted molar refractivity (Wildman–Crippen MR) is 143 cm³/mol. The number of carboxylic acid groups (broad SMARTS) is 1. The largest absolute Gasteiger partial charge is 0.480 e. The zero-order valence-corrected chi connectivity index (χ0v) is 22.2. The summed E-state index contributed by atoms with van der Waals surface area (Å²) in [6.45, 7) is 0.840. The second-order valence-corrected chi connectivity index (χ2v) is 9.75. The molecule has 0 fully saturated rings. The number of carboxylic acids is 1. The fourth-order valence-corrected chi connectivity index (χ4v) is 4.04. The molecule has 3 amide bonds. The average molecular weight is 543 g/mol. The molecule has 13 nitrogen and oxygen atoms in total. The highest BCUT2D eigenvalue weighted by molar-refractivity contribution is 7.98. The molecule has 0 aliphatic carbocycles. The van der Waals surface area contributed by atoms with Crippen molar-refractivity contribution in [2.24, 2.45) is 17.2 Å². The summed E-state index contributed by atoms with van der Waals surface area (Å²) in [7, 11) is 0. The molecule has 1 aromatic rings. The molecule has 0 radical (unpaired) electrons. The molecule has 1 heterocycles. The Morgan fingerprint density at radius 1 is 0.919 bits per heavy atom. The maximum absolute atomic E-state index is 13.2. The molecule has 37 heavy (non-hydrogen) atoms. The molecule has 0 aliphatic rings. The minimum Gasteiger partial charge on any atom is -0.480 e. The number of nitrogens with one attached hydrogen (secondary N) is 4. The molecule has 0 bridgehead atoms. The van der Waals surface area contributed by atoms with Gasteiger partial charge in [0.25, 0.3) is 0 Å². The minimum absolute atomic E-state index is 0.216. The van der Waals surface area contributed by atoms with Crippen molar-refractivity contribution in [2.45, 2.75) is 75.5 Å². The van der Waals surface area contributed by atoms with Gasteiger partial charge in [-0.15, -0.1) is 0 Å². The van der Waals surface area contributed by atoms with Crippen LogP contribution in [0.25, 0.3) is 0 Å². The lowest BCUT2D eigenvalue weighted by Crippen LogP contribution is -2.57. The number of aliphatic carboxylic acids is 1. The summed E-state index contributed by atoms with van der Waals surface area (Å²) < 4.78 is 0. The third-order valence-electron chi connectivity index (χ3n) is 5.72. The van der Waals surface area contributed by atoms with Gasteiger partial charge < -0.3 is 43.2 Å². The van der Waals surface area contributed by atoms with Crippen LogP contribution in [0.15, 0.2) is 12.5 Å². The maximum Gasteiger partial charge on any atom is 0.326 e. The Hall–Kier alpha value is -2.68. The fourth-order valence-electron chi connectivity index (χ4n) is 3.57. The van der Waals surface area contributed by atoms with Gasteiger partial charge in [0.1, 0.15) is 18.1 Å². The lowest BCUT2D eigenvalue weighted by molar-refractivity contribution is -0.142. The number of amides is 3. The molecule has 0 spiro atoms. The van der Waals surface area contributed by atoms with Crippen LogP contribution in [-0.4, -0.2) is 88.0 Å². The molecule has 14 heteroatoms. The van der Waals surface area contributed by atoms with E-state index < -0.39 is 47.9 Å². The van der Waals surface area contributed by atoms with Gasteiger partial charge in [-0.1, -0.05) is 0 Å². The molecular formula is C23H42N8O5S. The van der Waals surface area contributed by atoms with Crippen LogP contribution in [0.5, 0.6) is 0 Å². The molecule has 0 aliphatic heterocycles. The molecule has 4 unspecified atom stereocenters. The van der Waals surface area contributed by atoms with Crippen molar-refractivity contribution in [3.05, 3.63) is 18.2 Å². The fraction of sp³-hybridized carbons (Fsp3) is 0.696. The zero-order valence-electron chi connectivity index (χ0n) is 21.4. The standard InChI is InChI=1S/C23H42N8O5S/c1-37-11-8-18(29-20(32)16(26)12-15-13-27-14-28-15)22(34)30-17(6-2-4-9-24)21(33)31-19(23(35)36)7-3-5-10-25/h13-14,16-19H,2-12,24-26H2,1H3,(H,27,28)(H,29,32)(H,30,34)(H,31,33)(H,35,36). The number of H-pyrrole nitrogens is 1. The van der Waals surface area contributed by atoms with Gasteiger partial charge in [0.05, 0.1) is 12.4 Å². The van der Waals surface area contributed by atoms with Crippen LogP contribution in [0.1, 0.15) is 50.6 Å². The summed E-state index contributed by atoms with van der Waals surface area (Å²) in [4.78, 5) is 57.3. The molecule has 0 aromatic carbocycles. The van der Waals surface area contributed by atoms with E-state index in [0.717, 1.165) is 0 Å². The number of thioether (sulfide) groups is 1. The Morgan fingerprint density at radius 2 is 1.46 bits per heavy atom. The Kier molecular flexibility index (Phi) is 16.2. The number of nitrogens with zero attached hydrogens (tertiary/aromatic N) is 1. The van der Waals surface area contributed by atoms with E-state index in [9.17, 15) is 24.3 Å². The summed E-state index contributed by atoms with van der Waals surface area (Å²) in [6.07, 6.45) is 8.32. The molecule has 1 rings (SSSR count). The van der Waals surface area contributed by atoms with E-state index in [1.165, 1.54) is 18.1 Å². The van der Waals surface area contributed by atoms with E-state index in [1.807, 2.05) is 6.26 Å². The quantitative estimate of drug-likeness (QED) is 0.0919. The van der Waals surface area contributed by atoms with Crippen molar-refractivity contribution < 1.29 is 24.3 Å². The van der Waals surface area contributed by atoms with E-state index in [4.69, 9.17) is 17.2 Å². The smallest absolute Gasteiger partial charge is 0.326 e. The number of imidazole rings is 1. The molecule has 0 saturated carbocycles. The van der Waals surface area contributed by atoms with Crippen molar-refractivity contribution >= 4 is 35.5 Å². The minimum atomic E-state index is -1.16. The lowest BCUT2D eigenvalue weighted by Gasteiger charge is -2.25. The monoisotopic (exact) mass is 542 g/mol. The molecule has 210 valence electrons. The third-order valence-corrected chi connectivity index (χ3v) is 6.36. The van der Waals surface area contributed by atoms with Gasteiger partial charge in [-0.25, -0.2) is 9.78 Å². The van der Waals surface area contributed by atoms with Gasteiger partial charge in [-0.3, -0.25) is 14.4 Å². The third kappa shape index (κ3) is 12.9. The SMILES string of the molecule is CSCCC(NC(=O)C(N)Cc1cnc[nH]1)C(=O)NC(CCCCN)C(=O)NC(CCCCN)C(=O)O. The predicted octanol–water partition coefficient (Wildman–Crippen LogP) is -1.17. The van der Waals surface area contributed by atoms with E-state index in [1.54, 1.807) is 6.20 Å². The van der Waals surface area contributed by atoms with Crippen molar-refractivity contribution in [1.82, 2.24) is 25.9 Å². The molecule has 1 aromatic heterocycles. The summed E-state index contributed by atoms with van der Waals surface area (Å²) in [5.41, 5.74) is 17.7. The normalized spacial score (nSPS) is 14.3. The van der Waals surface area contributed by atoms with Crippen molar-refractivity contribution in [3.63, 3.8) is 0 Å². The van der Waals surface area contributed by atoms with Crippen LogP contribution >= 0.6 is 11.8 Å². The number of hydrogen-bond donors (Lipinski definition) is 8. The van der Waals surface area contributed by atoms with Crippen LogP contribution < -0.4 is 33.2 Å².